The van der Waals surface area contributed by atoms with Gasteiger partial charge in [-0.2, -0.15) is 0 Å². The van der Waals surface area contributed by atoms with Crippen LogP contribution in [-0.4, -0.2) is 54.1 Å². The number of rotatable bonds is 4. The Hall–Kier alpha value is -2.34. The highest BCUT2D eigenvalue weighted by molar-refractivity contribution is 6.30. The van der Waals surface area contributed by atoms with E-state index in [1.807, 2.05) is 23.9 Å². The number of ether oxygens (including phenoxy) is 1. The molecule has 132 valence electrons. The molecule has 0 aliphatic carbocycles. The molecule has 6 nitrogen and oxygen atoms in total. The van der Waals surface area contributed by atoms with Gasteiger partial charge < -0.3 is 14.5 Å². The Labute approximate surface area is 152 Å². The zero-order valence-corrected chi connectivity index (χ0v) is 15.1. The summed E-state index contributed by atoms with van der Waals surface area (Å²) in [6.45, 7) is 1.26. The number of halogens is 1. The fourth-order valence-corrected chi connectivity index (χ4v) is 2.99. The first-order chi connectivity index (χ1) is 12.0. The number of likely N-dealkylation sites (tertiary alicyclic amines) is 1. The Morgan fingerprint density at radius 2 is 1.96 bits per heavy atom. The van der Waals surface area contributed by atoms with Gasteiger partial charge in [0.2, 0.25) is 0 Å². The summed E-state index contributed by atoms with van der Waals surface area (Å²) in [5, 5.41) is 0.621. The van der Waals surface area contributed by atoms with Crippen LogP contribution in [0.3, 0.4) is 0 Å². The van der Waals surface area contributed by atoms with Crippen LogP contribution in [0.4, 0.5) is 5.82 Å². The molecular weight excluding hydrogens is 340 g/mol. The molecule has 25 heavy (non-hydrogen) atoms. The van der Waals surface area contributed by atoms with Gasteiger partial charge in [0.25, 0.3) is 11.8 Å². The van der Waals surface area contributed by atoms with E-state index in [2.05, 4.69) is 9.97 Å². The van der Waals surface area contributed by atoms with E-state index < -0.39 is 0 Å². The molecule has 0 saturated carbocycles. The monoisotopic (exact) mass is 360 g/mol. The molecular formula is C18H21ClN4O2. The fourth-order valence-electron chi connectivity index (χ4n) is 2.86. The molecule has 1 fully saturated rings. The Balaban J connectivity index is 1.69. The quantitative estimate of drug-likeness (QED) is 0.839. The Morgan fingerprint density at radius 3 is 2.68 bits per heavy atom. The normalized spacial score (nSPS) is 17.2. The molecule has 1 saturated heterocycles. The van der Waals surface area contributed by atoms with Crippen LogP contribution < -0.4 is 9.64 Å². The molecule has 1 aromatic heterocycles. The maximum Gasteiger partial charge on any atom is 0.257 e. The Kier molecular flexibility index (Phi) is 5.38. The van der Waals surface area contributed by atoms with Crippen molar-refractivity contribution in [2.75, 3.05) is 32.1 Å². The predicted octanol–water partition coefficient (Wildman–Crippen LogP) is 2.88. The van der Waals surface area contributed by atoms with E-state index in [1.54, 1.807) is 36.7 Å². The molecule has 1 aliphatic rings. The molecule has 1 aromatic carbocycles. The molecule has 0 spiro atoms. The van der Waals surface area contributed by atoms with E-state index in [-0.39, 0.29) is 12.0 Å². The highest BCUT2D eigenvalue weighted by Crippen LogP contribution is 2.24. The zero-order chi connectivity index (χ0) is 17.8. The Morgan fingerprint density at radius 1 is 1.24 bits per heavy atom. The zero-order valence-electron chi connectivity index (χ0n) is 14.4. The molecule has 3 rings (SSSR count). The van der Waals surface area contributed by atoms with Crippen LogP contribution in [0.1, 0.15) is 23.2 Å². The van der Waals surface area contributed by atoms with Gasteiger partial charge in [-0.05, 0) is 37.1 Å². The summed E-state index contributed by atoms with van der Waals surface area (Å²) in [6, 6.07) is 6.97. The smallest absolute Gasteiger partial charge is 0.257 e. The topological polar surface area (TPSA) is 58.6 Å². The van der Waals surface area contributed by atoms with E-state index in [9.17, 15) is 4.79 Å². The van der Waals surface area contributed by atoms with Gasteiger partial charge in [-0.3, -0.25) is 4.79 Å². The van der Waals surface area contributed by atoms with Crippen molar-refractivity contribution < 1.29 is 9.53 Å². The lowest BCUT2D eigenvalue weighted by Crippen LogP contribution is -2.44. The van der Waals surface area contributed by atoms with Gasteiger partial charge in [0, 0.05) is 43.6 Å². The average molecular weight is 361 g/mol. The van der Waals surface area contributed by atoms with Crippen molar-refractivity contribution in [1.29, 1.82) is 0 Å². The van der Waals surface area contributed by atoms with Crippen molar-refractivity contribution in [1.82, 2.24) is 14.9 Å². The first-order valence-electron chi connectivity index (χ1n) is 8.24. The maximum absolute atomic E-state index is 12.7. The lowest BCUT2D eigenvalue weighted by Gasteiger charge is -2.33. The third-order valence-corrected chi connectivity index (χ3v) is 4.36. The first-order valence-corrected chi connectivity index (χ1v) is 8.62. The molecule has 0 bridgehead atoms. The molecule has 1 amide bonds. The summed E-state index contributed by atoms with van der Waals surface area (Å²) in [5.74, 6) is 1.18. The molecule has 7 heteroatoms. The highest BCUT2D eigenvalue weighted by Gasteiger charge is 2.27. The van der Waals surface area contributed by atoms with Crippen molar-refractivity contribution in [3.8, 4) is 5.88 Å². The minimum atomic E-state index is -0.0969. The number of nitrogens with zero attached hydrogens (tertiary/aromatic N) is 4. The summed E-state index contributed by atoms with van der Waals surface area (Å²) < 4.78 is 6.05. The number of benzene rings is 1. The SMILES string of the molecule is CN(C)c1nccnc1OC1CCCN(C(=O)c2ccc(Cl)cc2)C1. The average Bonchev–Trinajstić information content (AvgIpc) is 2.62. The molecule has 0 radical (unpaired) electrons. The van der Waals surface area contributed by atoms with Crippen LogP contribution in [0.15, 0.2) is 36.7 Å². The van der Waals surface area contributed by atoms with Gasteiger partial charge in [0.05, 0.1) is 6.54 Å². The molecule has 2 heterocycles. The lowest BCUT2D eigenvalue weighted by atomic mass is 10.1. The number of piperidine rings is 1. The lowest BCUT2D eigenvalue weighted by molar-refractivity contribution is 0.0528. The maximum atomic E-state index is 12.7. The van der Waals surface area contributed by atoms with Crippen molar-refractivity contribution in [3.05, 3.63) is 47.2 Å². The van der Waals surface area contributed by atoms with Crippen LogP contribution in [0.2, 0.25) is 5.02 Å². The molecule has 2 aromatic rings. The van der Waals surface area contributed by atoms with Crippen molar-refractivity contribution >= 4 is 23.3 Å². The van der Waals surface area contributed by atoms with E-state index >= 15 is 0 Å². The molecule has 0 N–H and O–H groups in total. The predicted molar refractivity (Wildman–Crippen MR) is 97.4 cm³/mol. The number of aromatic nitrogens is 2. The largest absolute Gasteiger partial charge is 0.470 e. The third-order valence-electron chi connectivity index (χ3n) is 4.11. The van der Waals surface area contributed by atoms with Gasteiger partial charge in [0.1, 0.15) is 6.10 Å². The van der Waals surface area contributed by atoms with Crippen molar-refractivity contribution in [2.45, 2.75) is 18.9 Å². The van der Waals surface area contributed by atoms with E-state index in [1.165, 1.54) is 0 Å². The van der Waals surface area contributed by atoms with Crippen LogP contribution >= 0.6 is 11.6 Å². The number of anilines is 1. The van der Waals surface area contributed by atoms with Crippen LogP contribution in [0.25, 0.3) is 0 Å². The number of hydrogen-bond donors (Lipinski definition) is 0. The number of amides is 1. The second-order valence-electron chi connectivity index (χ2n) is 6.22. The van der Waals surface area contributed by atoms with Gasteiger partial charge in [-0.1, -0.05) is 11.6 Å². The molecule has 1 aliphatic heterocycles. The van der Waals surface area contributed by atoms with Crippen LogP contribution in [-0.2, 0) is 0 Å². The van der Waals surface area contributed by atoms with Gasteiger partial charge in [-0.15, -0.1) is 0 Å². The minimum Gasteiger partial charge on any atom is -0.470 e. The standard InChI is InChI=1S/C18H21ClN4O2/c1-22(2)16-17(21-10-9-20-16)25-15-4-3-11-23(12-15)18(24)13-5-7-14(19)8-6-13/h5-10,15H,3-4,11-12H2,1-2H3. The summed E-state index contributed by atoms with van der Waals surface area (Å²) in [7, 11) is 3.79. The summed E-state index contributed by atoms with van der Waals surface area (Å²) in [6.07, 6.45) is 4.93. The van der Waals surface area contributed by atoms with Gasteiger partial charge in [-0.25, -0.2) is 9.97 Å². The minimum absolute atomic E-state index is 0.00283. The third kappa shape index (κ3) is 4.20. The summed E-state index contributed by atoms with van der Waals surface area (Å²) in [4.78, 5) is 24.9. The van der Waals surface area contributed by atoms with Gasteiger partial charge in [0.15, 0.2) is 5.82 Å². The summed E-state index contributed by atoms with van der Waals surface area (Å²) in [5.41, 5.74) is 0.638. The van der Waals surface area contributed by atoms with E-state index in [0.717, 1.165) is 19.4 Å². The van der Waals surface area contributed by atoms with Crippen LogP contribution in [0, 0.1) is 0 Å². The first kappa shape index (κ1) is 17.5. The van der Waals surface area contributed by atoms with Crippen LogP contribution in [0.5, 0.6) is 5.88 Å². The molecule has 1 unspecified atom stereocenters. The second kappa shape index (κ2) is 7.70. The number of carbonyl (C=O) groups is 1. The fraction of sp³-hybridized carbons (Fsp3) is 0.389. The van der Waals surface area contributed by atoms with E-state index in [4.69, 9.17) is 16.3 Å². The van der Waals surface area contributed by atoms with Crippen molar-refractivity contribution in [2.24, 2.45) is 0 Å². The Bertz CT molecular complexity index is 736. The number of carbonyl (C=O) groups excluding carboxylic acids is 1. The second-order valence-corrected chi connectivity index (χ2v) is 6.66. The number of hydrogen-bond acceptors (Lipinski definition) is 5. The van der Waals surface area contributed by atoms with Crippen molar-refractivity contribution in [3.63, 3.8) is 0 Å². The summed E-state index contributed by atoms with van der Waals surface area (Å²) >= 11 is 5.89. The van der Waals surface area contributed by atoms with E-state index in [0.29, 0.717) is 28.8 Å². The van der Waals surface area contributed by atoms with Gasteiger partial charge >= 0.3 is 0 Å². The molecule has 1 atom stereocenters. The highest BCUT2D eigenvalue weighted by atomic mass is 35.5.